The summed E-state index contributed by atoms with van der Waals surface area (Å²) in [5.74, 6) is -2.39. The molecule has 0 unspecified atom stereocenters. The molecule has 262 valence electrons. The number of halogens is 3. The predicted octanol–water partition coefficient (Wildman–Crippen LogP) is 7.34. The van der Waals surface area contributed by atoms with Gasteiger partial charge in [0.25, 0.3) is 0 Å². The van der Waals surface area contributed by atoms with E-state index in [1.807, 2.05) is 4.57 Å². The zero-order valence-electron chi connectivity index (χ0n) is 27.7. The molecule has 0 amide bonds. The number of aromatic nitrogens is 5. The van der Waals surface area contributed by atoms with Crippen molar-refractivity contribution < 1.29 is 32.5 Å². The molecule has 0 radical (unpaired) electrons. The van der Waals surface area contributed by atoms with Crippen molar-refractivity contribution in [3.8, 4) is 34.3 Å². The van der Waals surface area contributed by atoms with Crippen molar-refractivity contribution in [1.29, 1.82) is 5.26 Å². The number of hydrogen-bond acceptors (Lipinski definition) is 7. The van der Waals surface area contributed by atoms with Gasteiger partial charge >= 0.3 is 5.97 Å². The Morgan fingerprint density at radius 3 is 2.56 bits per heavy atom. The Morgan fingerprint density at radius 2 is 1.83 bits per heavy atom. The summed E-state index contributed by atoms with van der Waals surface area (Å²) in [6.45, 7) is 1.38. The highest BCUT2D eigenvalue weighted by Gasteiger charge is 2.43. The lowest BCUT2D eigenvalue weighted by atomic mass is 10.0. The summed E-state index contributed by atoms with van der Waals surface area (Å²) in [4.78, 5) is 20.6. The molecule has 3 aromatic heterocycles. The van der Waals surface area contributed by atoms with E-state index in [1.165, 1.54) is 24.3 Å². The highest BCUT2D eigenvalue weighted by Crippen LogP contribution is 2.46. The van der Waals surface area contributed by atoms with Crippen LogP contribution in [0.3, 0.4) is 0 Å². The van der Waals surface area contributed by atoms with Crippen molar-refractivity contribution in [2.45, 2.75) is 51.5 Å². The first kappa shape index (κ1) is 33.2. The fourth-order valence-electron chi connectivity index (χ4n) is 6.37. The Balaban J connectivity index is 0.975. The van der Waals surface area contributed by atoms with E-state index in [0.29, 0.717) is 42.1 Å². The molecule has 52 heavy (non-hydrogen) atoms. The number of nitrogens with zero attached hydrogens (tertiary/aromatic N) is 6. The number of nitriles is 1. The van der Waals surface area contributed by atoms with E-state index in [2.05, 4.69) is 21.1 Å². The molecule has 2 fully saturated rings. The Bertz CT molecular complexity index is 2390. The molecule has 1 aliphatic carbocycles. The number of ether oxygens (including phenoxy) is 2. The maximum atomic E-state index is 15.6. The third kappa shape index (κ3) is 6.60. The van der Waals surface area contributed by atoms with Gasteiger partial charge in [-0.25, -0.2) is 27.9 Å². The van der Waals surface area contributed by atoms with Gasteiger partial charge in [-0.3, -0.25) is 4.68 Å². The molecule has 2 aliphatic rings. The van der Waals surface area contributed by atoms with E-state index in [4.69, 9.17) is 9.47 Å². The number of pyridine rings is 1. The van der Waals surface area contributed by atoms with Gasteiger partial charge in [0.05, 0.1) is 59.2 Å². The second kappa shape index (κ2) is 13.3. The van der Waals surface area contributed by atoms with Crippen molar-refractivity contribution in [1.82, 2.24) is 24.3 Å². The maximum Gasteiger partial charge on any atom is 0.335 e. The molecule has 1 N–H and O–H groups in total. The van der Waals surface area contributed by atoms with Crippen LogP contribution < -0.4 is 4.74 Å². The van der Waals surface area contributed by atoms with Gasteiger partial charge < -0.3 is 19.1 Å². The monoisotopic (exact) mass is 704 g/mol. The first-order valence-corrected chi connectivity index (χ1v) is 16.8. The van der Waals surface area contributed by atoms with Crippen molar-refractivity contribution in [3.05, 3.63) is 119 Å². The number of rotatable bonds is 12. The molecular formula is C39H31F3N6O4. The van der Waals surface area contributed by atoms with Gasteiger partial charge in [-0.2, -0.15) is 10.4 Å². The standard InChI is InChI=1S/C39H31F3N6O4/c40-30-12-23(27-17-44-47(18-27)22-39(21-43)9-10-39)4-5-25(30)20-52-37-3-1-2-33(46-37)29-16-31(41)26(13-32(29)42)15-36-45-34-7-6-24(38(49)50)14-35(34)48(36)19-28-8-11-51-28/h1-7,12-14,16-18,28H,8-11,15,19-20,22H2,(H,49,50)/t28-/m0/s1. The highest BCUT2D eigenvalue weighted by atomic mass is 19.1. The Morgan fingerprint density at radius 1 is 1.00 bits per heavy atom. The van der Waals surface area contributed by atoms with E-state index in [0.717, 1.165) is 37.0 Å². The first-order chi connectivity index (χ1) is 25.2. The Hall–Kier alpha value is -6.00. The van der Waals surface area contributed by atoms with E-state index >= 15 is 13.2 Å². The van der Waals surface area contributed by atoms with Crippen molar-refractivity contribution in [3.63, 3.8) is 0 Å². The van der Waals surface area contributed by atoms with Crippen molar-refractivity contribution >= 4 is 17.0 Å². The van der Waals surface area contributed by atoms with Crippen LogP contribution in [-0.2, 0) is 30.9 Å². The lowest BCUT2D eigenvalue weighted by Crippen LogP contribution is -2.31. The minimum absolute atomic E-state index is 0.0436. The first-order valence-electron chi connectivity index (χ1n) is 16.8. The molecule has 4 heterocycles. The molecule has 1 atom stereocenters. The number of fused-ring (bicyclic) bond motifs is 1. The second-order valence-corrected chi connectivity index (χ2v) is 13.3. The number of carboxylic acid groups (broad SMARTS) is 1. The van der Waals surface area contributed by atoms with Crippen LogP contribution in [-0.4, -0.2) is 48.1 Å². The lowest BCUT2D eigenvalue weighted by Gasteiger charge is -2.27. The average Bonchev–Trinajstić information content (AvgIpc) is 3.59. The number of carbonyl (C=O) groups is 1. The third-order valence-electron chi connectivity index (χ3n) is 9.69. The van der Waals surface area contributed by atoms with Crippen LogP contribution in [0.4, 0.5) is 13.2 Å². The van der Waals surface area contributed by atoms with E-state index in [-0.39, 0.29) is 58.4 Å². The lowest BCUT2D eigenvalue weighted by molar-refractivity contribution is -0.0589. The number of hydrogen-bond donors (Lipinski definition) is 1. The quantitative estimate of drug-likeness (QED) is 0.140. The summed E-state index contributed by atoms with van der Waals surface area (Å²) in [7, 11) is 0. The number of imidazole rings is 1. The molecule has 13 heteroatoms. The second-order valence-electron chi connectivity index (χ2n) is 13.3. The maximum absolute atomic E-state index is 15.6. The zero-order chi connectivity index (χ0) is 36.0. The van der Waals surface area contributed by atoms with Gasteiger partial charge in [-0.05, 0) is 72.9 Å². The van der Waals surface area contributed by atoms with E-state index in [1.54, 1.807) is 47.4 Å². The Kier molecular flexibility index (Phi) is 8.47. The molecule has 6 aromatic rings. The highest BCUT2D eigenvalue weighted by molar-refractivity contribution is 5.92. The van der Waals surface area contributed by atoms with Crippen molar-refractivity contribution in [2.75, 3.05) is 6.61 Å². The van der Waals surface area contributed by atoms with Crippen LogP contribution in [0.25, 0.3) is 33.4 Å². The summed E-state index contributed by atoms with van der Waals surface area (Å²) < 4.78 is 61.3. The van der Waals surface area contributed by atoms with Gasteiger partial charge in [-0.1, -0.05) is 18.2 Å². The molecule has 10 nitrogen and oxygen atoms in total. The molecule has 8 rings (SSSR count). The fourth-order valence-corrected chi connectivity index (χ4v) is 6.37. The molecule has 0 bridgehead atoms. The van der Waals surface area contributed by atoms with E-state index in [9.17, 15) is 15.2 Å². The van der Waals surface area contributed by atoms with Gasteiger partial charge in [0, 0.05) is 42.0 Å². The average molecular weight is 705 g/mol. The summed E-state index contributed by atoms with van der Waals surface area (Å²) in [6, 6.07) is 18.5. The summed E-state index contributed by atoms with van der Waals surface area (Å²) >= 11 is 0. The van der Waals surface area contributed by atoms with Crippen LogP contribution in [0.15, 0.2) is 79.1 Å². The number of carboxylic acids is 1. The molecule has 1 aliphatic heterocycles. The number of aromatic carboxylic acids is 1. The van der Waals surface area contributed by atoms with Crippen LogP contribution in [0, 0.1) is 34.2 Å². The number of benzene rings is 3. The largest absolute Gasteiger partial charge is 0.478 e. The normalized spacial score (nSPS) is 16.0. The van der Waals surface area contributed by atoms with Crippen LogP contribution in [0.5, 0.6) is 5.88 Å². The van der Waals surface area contributed by atoms with Gasteiger partial charge in [-0.15, -0.1) is 0 Å². The van der Waals surface area contributed by atoms with Crippen LogP contribution >= 0.6 is 0 Å². The summed E-state index contributed by atoms with van der Waals surface area (Å²) in [6.07, 6.45) is 5.83. The molecule has 0 spiro atoms. The third-order valence-corrected chi connectivity index (χ3v) is 9.69. The topological polar surface area (TPSA) is 128 Å². The van der Waals surface area contributed by atoms with Gasteiger partial charge in [0.15, 0.2) is 0 Å². The summed E-state index contributed by atoms with van der Waals surface area (Å²) in [5.41, 5.74) is 2.62. The van der Waals surface area contributed by atoms with Crippen LogP contribution in [0.1, 0.15) is 46.6 Å². The SMILES string of the molecule is N#CC1(Cn2cc(-c3ccc(COc4cccc(-c5cc(F)c(Cc6nc7ccc(C(=O)O)cc7n6C[C@@H]6CCO6)cc5F)n4)c(F)c3)cn2)CC1. The van der Waals surface area contributed by atoms with Gasteiger partial charge in [0.1, 0.15) is 29.9 Å². The smallest absolute Gasteiger partial charge is 0.335 e. The fraction of sp³-hybridized carbons (Fsp3) is 0.256. The molecule has 1 saturated heterocycles. The minimum atomic E-state index is -1.08. The Labute approximate surface area is 295 Å². The molecule has 1 saturated carbocycles. The molecule has 3 aromatic carbocycles. The zero-order valence-corrected chi connectivity index (χ0v) is 27.7. The predicted molar refractivity (Wildman–Crippen MR) is 183 cm³/mol. The summed E-state index contributed by atoms with van der Waals surface area (Å²) in [5, 5.41) is 23.2. The van der Waals surface area contributed by atoms with Gasteiger partial charge in [0.2, 0.25) is 5.88 Å². The van der Waals surface area contributed by atoms with E-state index < -0.39 is 23.4 Å². The van der Waals surface area contributed by atoms with Crippen LogP contribution in [0.2, 0.25) is 0 Å². The minimum Gasteiger partial charge on any atom is -0.478 e. The van der Waals surface area contributed by atoms with Crippen molar-refractivity contribution in [2.24, 2.45) is 5.41 Å². The molecular weight excluding hydrogens is 673 g/mol.